The van der Waals surface area contributed by atoms with Gasteiger partial charge in [0, 0.05) is 11.5 Å². The number of hydrogen-bond acceptors (Lipinski definition) is 5. The average molecular weight is 326 g/mol. The van der Waals surface area contributed by atoms with Gasteiger partial charge < -0.3 is 10.0 Å². The summed E-state index contributed by atoms with van der Waals surface area (Å²) in [6.07, 6.45) is -2.27. The average Bonchev–Trinajstić information content (AvgIpc) is 2.82. The third-order valence-corrected chi connectivity index (χ3v) is 4.62. The lowest BCUT2D eigenvalue weighted by atomic mass is 10.2. The Morgan fingerprint density at radius 2 is 2.05 bits per heavy atom. The van der Waals surface area contributed by atoms with Crippen molar-refractivity contribution in [2.75, 3.05) is 13.1 Å². The smallest absolute Gasteiger partial charge is 0.407 e. The molecular weight excluding hydrogens is 312 g/mol. The number of nitrogens with zero attached hydrogens (tertiary/aromatic N) is 4. The van der Waals surface area contributed by atoms with Crippen LogP contribution >= 0.6 is 0 Å². The summed E-state index contributed by atoms with van der Waals surface area (Å²) in [6.45, 7) is 1.54. The van der Waals surface area contributed by atoms with E-state index in [1.54, 1.807) is 12.1 Å². The number of amides is 1. The Hall–Kier alpha value is -2.29. The molecule has 0 aromatic heterocycles. The fourth-order valence-corrected chi connectivity index (χ4v) is 3.20. The van der Waals surface area contributed by atoms with Crippen molar-refractivity contribution >= 4 is 16.2 Å². The highest BCUT2D eigenvalue weighted by molar-refractivity contribution is 7.86. The quantitative estimate of drug-likeness (QED) is 0.389. The van der Waals surface area contributed by atoms with Gasteiger partial charge in [-0.1, -0.05) is 22.8 Å². The van der Waals surface area contributed by atoms with Gasteiger partial charge in [-0.25, -0.2) is 4.79 Å². The van der Waals surface area contributed by atoms with Crippen LogP contribution in [0.25, 0.3) is 10.4 Å². The molecule has 1 N–H and O–H groups in total. The van der Waals surface area contributed by atoms with Crippen LogP contribution in [0.4, 0.5) is 4.79 Å². The first-order valence-corrected chi connectivity index (χ1v) is 7.76. The molecule has 1 aliphatic heterocycles. The Balaban J connectivity index is 2.21. The van der Waals surface area contributed by atoms with Crippen LogP contribution in [-0.4, -0.2) is 49.8 Å². The van der Waals surface area contributed by atoms with Crippen LogP contribution in [0.3, 0.4) is 0 Å². The summed E-state index contributed by atoms with van der Waals surface area (Å²) < 4.78 is 29.5. The van der Waals surface area contributed by atoms with Crippen molar-refractivity contribution < 1.29 is 22.5 Å². The van der Waals surface area contributed by atoms with Crippen LogP contribution in [0.2, 0.25) is 0 Å². The highest BCUT2D eigenvalue weighted by Crippen LogP contribution is 2.23. The van der Waals surface area contributed by atoms with Crippen molar-refractivity contribution in [1.82, 2.24) is 4.90 Å². The number of likely N-dealkylation sites (tertiary alicyclic amines) is 1. The van der Waals surface area contributed by atoms with Crippen molar-refractivity contribution in [2.24, 2.45) is 5.11 Å². The molecule has 2 unspecified atom stereocenters. The normalized spacial score (nSPS) is 21.4. The molecule has 2 rings (SSSR count). The van der Waals surface area contributed by atoms with Gasteiger partial charge in [0.15, 0.2) is 0 Å². The van der Waals surface area contributed by atoms with E-state index < -0.39 is 28.4 Å². The standard InChI is InChI=1S/C12H14N4O5S/c1-8-2-4-9(5-3-8)22(19,20)21-11-7-16(12(17)18)6-10(11)14-15-13/h2-5,10-11H,6-7H2,1H3,(H,17,18). The molecule has 1 aliphatic rings. The fourth-order valence-electron chi connectivity index (χ4n) is 2.11. The molecule has 118 valence electrons. The number of azide groups is 1. The summed E-state index contributed by atoms with van der Waals surface area (Å²) in [6, 6.07) is 5.16. The van der Waals surface area contributed by atoms with E-state index in [9.17, 15) is 13.2 Å². The number of rotatable bonds is 4. The Morgan fingerprint density at radius 1 is 1.41 bits per heavy atom. The number of carbonyl (C=O) groups is 1. The lowest BCUT2D eigenvalue weighted by molar-refractivity contribution is 0.146. The van der Waals surface area contributed by atoms with Gasteiger partial charge in [0.25, 0.3) is 10.1 Å². The zero-order valence-electron chi connectivity index (χ0n) is 11.7. The van der Waals surface area contributed by atoms with Crippen LogP contribution in [-0.2, 0) is 14.3 Å². The Labute approximate surface area is 126 Å². The highest BCUT2D eigenvalue weighted by atomic mass is 32.2. The molecule has 10 heteroatoms. The minimum Gasteiger partial charge on any atom is -0.465 e. The number of benzene rings is 1. The van der Waals surface area contributed by atoms with Crippen LogP contribution in [0.1, 0.15) is 5.56 Å². The second-order valence-corrected chi connectivity index (χ2v) is 6.43. The molecule has 0 saturated carbocycles. The largest absolute Gasteiger partial charge is 0.465 e. The molecule has 1 aromatic carbocycles. The van der Waals surface area contributed by atoms with Crippen molar-refractivity contribution in [3.05, 3.63) is 40.3 Å². The molecule has 9 nitrogen and oxygen atoms in total. The van der Waals surface area contributed by atoms with Crippen LogP contribution in [0.5, 0.6) is 0 Å². The van der Waals surface area contributed by atoms with E-state index in [-0.39, 0.29) is 18.0 Å². The van der Waals surface area contributed by atoms with E-state index in [0.29, 0.717) is 0 Å². The lowest BCUT2D eigenvalue weighted by Gasteiger charge is -2.15. The minimum absolute atomic E-state index is 0.0356. The van der Waals surface area contributed by atoms with Gasteiger partial charge in [-0.2, -0.15) is 8.42 Å². The van der Waals surface area contributed by atoms with Crippen molar-refractivity contribution in [1.29, 1.82) is 0 Å². The fraction of sp³-hybridized carbons (Fsp3) is 0.417. The third-order valence-electron chi connectivity index (χ3n) is 3.27. The van der Waals surface area contributed by atoms with Crippen molar-refractivity contribution in [3.63, 3.8) is 0 Å². The van der Waals surface area contributed by atoms with Gasteiger partial charge >= 0.3 is 6.09 Å². The van der Waals surface area contributed by atoms with Gasteiger partial charge in [-0.05, 0) is 24.6 Å². The SMILES string of the molecule is Cc1ccc(S(=O)(=O)OC2CN(C(=O)O)CC2N=[N+]=[N-])cc1. The topological polar surface area (TPSA) is 133 Å². The summed E-state index contributed by atoms with van der Waals surface area (Å²) in [5, 5.41) is 12.4. The number of aryl methyl sites for hydroxylation is 1. The predicted octanol–water partition coefficient (Wildman–Crippen LogP) is 1.74. The first-order chi connectivity index (χ1) is 10.3. The summed E-state index contributed by atoms with van der Waals surface area (Å²) >= 11 is 0. The maximum Gasteiger partial charge on any atom is 0.407 e. The van der Waals surface area contributed by atoms with Gasteiger partial charge in [0.1, 0.15) is 6.10 Å². The molecule has 0 radical (unpaired) electrons. The second kappa shape index (κ2) is 6.22. The van der Waals surface area contributed by atoms with E-state index in [2.05, 4.69) is 10.0 Å². The molecule has 0 spiro atoms. The maximum atomic E-state index is 12.2. The zero-order valence-corrected chi connectivity index (χ0v) is 12.5. The summed E-state index contributed by atoms with van der Waals surface area (Å²) in [5.41, 5.74) is 9.40. The van der Waals surface area contributed by atoms with Crippen molar-refractivity contribution in [3.8, 4) is 0 Å². The van der Waals surface area contributed by atoms with Gasteiger partial charge in [-0.15, -0.1) is 0 Å². The molecule has 0 bridgehead atoms. The monoisotopic (exact) mass is 326 g/mol. The summed E-state index contributed by atoms with van der Waals surface area (Å²) in [4.78, 5) is 14.5. The second-order valence-electron chi connectivity index (χ2n) is 4.86. The van der Waals surface area contributed by atoms with E-state index in [4.69, 9.17) is 14.8 Å². The van der Waals surface area contributed by atoms with E-state index in [0.717, 1.165) is 10.5 Å². The predicted molar refractivity (Wildman–Crippen MR) is 75.8 cm³/mol. The van der Waals surface area contributed by atoms with E-state index in [1.165, 1.54) is 12.1 Å². The Kier molecular flexibility index (Phi) is 4.55. The first kappa shape index (κ1) is 16.1. The summed E-state index contributed by atoms with van der Waals surface area (Å²) in [5.74, 6) is 0. The molecule has 1 heterocycles. The van der Waals surface area contributed by atoms with Gasteiger partial charge in [0.05, 0.1) is 17.5 Å². The molecular formula is C12H14N4O5S. The number of carboxylic acid groups (broad SMARTS) is 1. The molecule has 1 aromatic rings. The molecule has 0 aliphatic carbocycles. The Morgan fingerprint density at radius 3 is 2.59 bits per heavy atom. The van der Waals surface area contributed by atoms with Crippen LogP contribution < -0.4 is 0 Å². The molecule has 1 fully saturated rings. The van der Waals surface area contributed by atoms with Crippen LogP contribution in [0.15, 0.2) is 34.3 Å². The molecule has 2 atom stereocenters. The Bertz CT molecular complexity index is 712. The maximum absolute atomic E-state index is 12.2. The van der Waals surface area contributed by atoms with E-state index >= 15 is 0 Å². The lowest BCUT2D eigenvalue weighted by Crippen LogP contribution is -2.30. The summed E-state index contributed by atoms with van der Waals surface area (Å²) in [7, 11) is -4.06. The molecule has 1 amide bonds. The molecule has 1 saturated heterocycles. The van der Waals surface area contributed by atoms with Crippen molar-refractivity contribution in [2.45, 2.75) is 24.0 Å². The molecule has 22 heavy (non-hydrogen) atoms. The number of hydrogen-bond donors (Lipinski definition) is 1. The zero-order chi connectivity index (χ0) is 16.3. The van der Waals surface area contributed by atoms with Gasteiger partial charge in [0.2, 0.25) is 0 Å². The van der Waals surface area contributed by atoms with Crippen LogP contribution in [0, 0.1) is 6.92 Å². The highest BCUT2D eigenvalue weighted by Gasteiger charge is 2.38. The minimum atomic E-state index is -4.06. The first-order valence-electron chi connectivity index (χ1n) is 6.35. The third kappa shape index (κ3) is 3.48. The van der Waals surface area contributed by atoms with E-state index in [1.807, 2.05) is 6.92 Å². The van der Waals surface area contributed by atoms with Gasteiger partial charge in [-0.3, -0.25) is 4.18 Å².